The number of carboxylic acid groups (broad SMARTS) is 1. The lowest BCUT2D eigenvalue weighted by Gasteiger charge is -2.02. The van der Waals surface area contributed by atoms with E-state index in [0.717, 1.165) is 0 Å². The molecule has 5 nitrogen and oxygen atoms in total. The van der Waals surface area contributed by atoms with Gasteiger partial charge in [-0.1, -0.05) is 36.4 Å². The average molecular weight is 256 g/mol. The van der Waals surface area contributed by atoms with Gasteiger partial charge in [0, 0.05) is 0 Å². The third-order valence-corrected chi connectivity index (χ3v) is 2.79. The molecule has 0 saturated carbocycles. The summed E-state index contributed by atoms with van der Waals surface area (Å²) in [4.78, 5) is 11.0. The van der Waals surface area contributed by atoms with E-state index in [4.69, 9.17) is 9.66 Å². The van der Waals surface area contributed by atoms with E-state index in [0.29, 0.717) is 5.56 Å². The zero-order valence-corrected chi connectivity index (χ0v) is 9.72. The summed E-state index contributed by atoms with van der Waals surface area (Å²) in [5.74, 6) is -1.62. The van der Waals surface area contributed by atoms with E-state index in [1.165, 1.54) is 6.08 Å². The number of allylic oxidation sites excluding steroid dienone is 1. The molecular weight excluding hydrogens is 244 g/mol. The zero-order valence-electron chi connectivity index (χ0n) is 8.91. The van der Waals surface area contributed by atoms with Gasteiger partial charge in [-0.3, -0.25) is 4.55 Å². The molecule has 0 unspecified atom stereocenters. The van der Waals surface area contributed by atoms with Crippen molar-refractivity contribution < 1.29 is 22.9 Å². The first-order valence-electron chi connectivity index (χ1n) is 4.84. The second kappa shape index (κ2) is 5.60. The van der Waals surface area contributed by atoms with Crippen LogP contribution in [0.2, 0.25) is 0 Å². The molecule has 0 amide bonds. The molecule has 0 aromatic heterocycles. The minimum absolute atomic E-state index is 0.0225. The number of benzene rings is 1. The summed E-state index contributed by atoms with van der Waals surface area (Å²) in [6.07, 6.45) is 1.24. The largest absolute Gasteiger partial charge is 0.478 e. The standard InChI is InChI=1S/C11H12O5S/c12-11(13)10(7-4-8-17(14,15)16)9-5-2-1-3-6-9/h1-3,5-7H,4,8H2,(H,12,13)(H,14,15,16). The molecule has 0 atom stereocenters. The Labute approximate surface area is 99.2 Å². The monoisotopic (exact) mass is 256 g/mol. The fourth-order valence-electron chi connectivity index (χ4n) is 1.30. The third kappa shape index (κ3) is 4.80. The van der Waals surface area contributed by atoms with Crippen molar-refractivity contribution in [2.24, 2.45) is 0 Å². The normalized spacial score (nSPS) is 12.4. The molecule has 0 spiro atoms. The fourth-order valence-corrected chi connectivity index (χ4v) is 1.71. The second-order valence-corrected chi connectivity index (χ2v) is 4.94. The van der Waals surface area contributed by atoms with Gasteiger partial charge in [-0.25, -0.2) is 4.79 Å². The molecule has 0 aliphatic rings. The van der Waals surface area contributed by atoms with Crippen molar-refractivity contribution in [1.29, 1.82) is 0 Å². The van der Waals surface area contributed by atoms with Crippen LogP contribution < -0.4 is 0 Å². The summed E-state index contributed by atoms with van der Waals surface area (Å²) in [5.41, 5.74) is 0.518. The molecule has 92 valence electrons. The Balaban J connectivity index is 2.88. The Bertz CT molecular complexity index is 516. The van der Waals surface area contributed by atoms with Crippen LogP contribution in [0.15, 0.2) is 36.4 Å². The molecule has 6 heteroatoms. The number of hydrogen-bond acceptors (Lipinski definition) is 3. The third-order valence-electron chi connectivity index (χ3n) is 2.04. The van der Waals surface area contributed by atoms with Gasteiger partial charge in [0.1, 0.15) is 0 Å². The maximum atomic E-state index is 11.0. The van der Waals surface area contributed by atoms with Crippen molar-refractivity contribution >= 4 is 21.7 Å². The minimum atomic E-state index is -4.07. The van der Waals surface area contributed by atoms with Gasteiger partial charge in [-0.15, -0.1) is 0 Å². The van der Waals surface area contributed by atoms with E-state index in [-0.39, 0.29) is 12.0 Å². The number of carbonyl (C=O) groups is 1. The Morgan fingerprint density at radius 2 is 1.82 bits per heavy atom. The second-order valence-electron chi connectivity index (χ2n) is 3.36. The maximum absolute atomic E-state index is 11.0. The van der Waals surface area contributed by atoms with E-state index in [2.05, 4.69) is 0 Å². The fraction of sp³-hybridized carbons (Fsp3) is 0.182. The van der Waals surface area contributed by atoms with Crippen molar-refractivity contribution in [3.63, 3.8) is 0 Å². The van der Waals surface area contributed by atoms with E-state index in [9.17, 15) is 13.2 Å². The quantitative estimate of drug-likeness (QED) is 0.614. The highest BCUT2D eigenvalue weighted by molar-refractivity contribution is 7.85. The predicted octanol–water partition coefficient (Wildman–Crippen LogP) is 1.43. The molecule has 1 aromatic rings. The number of hydrogen-bond donors (Lipinski definition) is 2. The SMILES string of the molecule is O=C(O)C(=CCCS(=O)(=O)O)c1ccccc1. The van der Waals surface area contributed by atoms with E-state index >= 15 is 0 Å². The molecule has 0 fully saturated rings. The van der Waals surface area contributed by atoms with Crippen LogP contribution in [0.1, 0.15) is 12.0 Å². The summed E-state index contributed by atoms with van der Waals surface area (Å²) in [6.45, 7) is 0. The highest BCUT2D eigenvalue weighted by Gasteiger charge is 2.10. The van der Waals surface area contributed by atoms with Gasteiger partial charge < -0.3 is 5.11 Å². The van der Waals surface area contributed by atoms with Crippen molar-refractivity contribution in [2.75, 3.05) is 5.75 Å². The van der Waals surface area contributed by atoms with Crippen LogP contribution in [0.5, 0.6) is 0 Å². The topological polar surface area (TPSA) is 91.7 Å². The van der Waals surface area contributed by atoms with Crippen molar-refractivity contribution in [3.05, 3.63) is 42.0 Å². The van der Waals surface area contributed by atoms with Gasteiger partial charge in [0.05, 0.1) is 11.3 Å². The first-order chi connectivity index (χ1) is 7.90. The molecule has 0 radical (unpaired) electrons. The van der Waals surface area contributed by atoms with Crippen molar-refractivity contribution in [1.82, 2.24) is 0 Å². The Morgan fingerprint density at radius 1 is 1.24 bits per heavy atom. The Morgan fingerprint density at radius 3 is 2.29 bits per heavy atom. The van der Waals surface area contributed by atoms with E-state index in [1.807, 2.05) is 0 Å². The van der Waals surface area contributed by atoms with Gasteiger partial charge in [0.25, 0.3) is 10.1 Å². The lowest BCUT2D eigenvalue weighted by atomic mass is 10.1. The van der Waals surface area contributed by atoms with Crippen LogP contribution in [0.3, 0.4) is 0 Å². The molecule has 2 N–H and O–H groups in total. The predicted molar refractivity (Wildman–Crippen MR) is 63.1 cm³/mol. The smallest absolute Gasteiger partial charge is 0.335 e. The van der Waals surface area contributed by atoms with Gasteiger partial charge in [-0.2, -0.15) is 8.42 Å². The van der Waals surface area contributed by atoms with Crippen molar-refractivity contribution in [2.45, 2.75) is 6.42 Å². The minimum Gasteiger partial charge on any atom is -0.478 e. The zero-order chi connectivity index (χ0) is 12.9. The first-order valence-corrected chi connectivity index (χ1v) is 6.45. The number of carboxylic acids is 1. The molecule has 0 aliphatic carbocycles. The lowest BCUT2D eigenvalue weighted by molar-refractivity contribution is -0.130. The van der Waals surface area contributed by atoms with E-state index < -0.39 is 21.8 Å². The summed E-state index contributed by atoms with van der Waals surface area (Å²) in [6, 6.07) is 8.37. The molecule has 0 aliphatic heterocycles. The highest BCUT2D eigenvalue weighted by Crippen LogP contribution is 2.15. The highest BCUT2D eigenvalue weighted by atomic mass is 32.2. The molecule has 1 rings (SSSR count). The first kappa shape index (κ1) is 13.4. The summed E-state index contributed by atoms with van der Waals surface area (Å²) < 4.78 is 29.5. The van der Waals surface area contributed by atoms with Crippen molar-refractivity contribution in [3.8, 4) is 0 Å². The Hall–Kier alpha value is -1.66. The van der Waals surface area contributed by atoms with Crippen LogP contribution in [0.4, 0.5) is 0 Å². The average Bonchev–Trinajstić information content (AvgIpc) is 2.23. The van der Waals surface area contributed by atoms with Crippen LogP contribution in [-0.4, -0.2) is 29.8 Å². The Kier molecular flexibility index (Phi) is 4.42. The van der Waals surface area contributed by atoms with Gasteiger partial charge in [0.2, 0.25) is 0 Å². The molecule has 0 saturated heterocycles. The molecule has 0 heterocycles. The van der Waals surface area contributed by atoms with Crippen LogP contribution in [0.25, 0.3) is 5.57 Å². The summed E-state index contributed by atoms with van der Waals surface area (Å²) >= 11 is 0. The number of aliphatic carboxylic acids is 1. The summed E-state index contributed by atoms with van der Waals surface area (Å²) in [5, 5.41) is 8.98. The molecule has 17 heavy (non-hydrogen) atoms. The van der Waals surface area contributed by atoms with Gasteiger partial charge >= 0.3 is 5.97 Å². The van der Waals surface area contributed by atoms with Crippen LogP contribution in [-0.2, 0) is 14.9 Å². The molecular formula is C11H12O5S. The molecule has 1 aromatic carbocycles. The van der Waals surface area contributed by atoms with Gasteiger partial charge in [-0.05, 0) is 12.0 Å². The van der Waals surface area contributed by atoms with Gasteiger partial charge in [0.15, 0.2) is 0 Å². The van der Waals surface area contributed by atoms with Crippen LogP contribution in [0, 0.1) is 0 Å². The van der Waals surface area contributed by atoms with E-state index in [1.54, 1.807) is 30.3 Å². The maximum Gasteiger partial charge on any atom is 0.335 e. The summed E-state index contributed by atoms with van der Waals surface area (Å²) in [7, 11) is -4.07. The molecule has 0 bridgehead atoms. The number of rotatable bonds is 5. The van der Waals surface area contributed by atoms with Crippen LogP contribution >= 0.6 is 0 Å². The lowest BCUT2D eigenvalue weighted by Crippen LogP contribution is -2.04.